The highest BCUT2D eigenvalue weighted by Crippen LogP contribution is 2.27. The second-order valence-corrected chi connectivity index (χ2v) is 3.55. The largest absolute Gasteiger partial charge is 0.374 e. The molecule has 0 saturated heterocycles. The van der Waals surface area contributed by atoms with Gasteiger partial charge in [0.25, 0.3) is 0 Å². The molecule has 0 spiro atoms. The second kappa shape index (κ2) is 4.53. The Balaban J connectivity index is 2.16. The topological polar surface area (TPSA) is 94.0 Å². The summed E-state index contributed by atoms with van der Waals surface area (Å²) in [5.41, 5.74) is 1.98. The monoisotopic (exact) mass is 230 g/mol. The van der Waals surface area contributed by atoms with E-state index >= 15 is 0 Å². The summed E-state index contributed by atoms with van der Waals surface area (Å²) in [5, 5.41) is 16.6. The Labute approximate surface area is 97.6 Å². The highest BCUT2D eigenvalue weighted by molar-refractivity contribution is 6.02. The van der Waals surface area contributed by atoms with Crippen LogP contribution in [0.2, 0.25) is 0 Å². The molecule has 2 rings (SSSR count). The van der Waals surface area contributed by atoms with Crippen LogP contribution in [0.1, 0.15) is 6.42 Å². The van der Waals surface area contributed by atoms with Gasteiger partial charge in [-0.25, -0.2) is 0 Å². The molecule has 17 heavy (non-hydrogen) atoms. The van der Waals surface area contributed by atoms with Gasteiger partial charge in [-0.05, 0) is 18.2 Å². The summed E-state index contributed by atoms with van der Waals surface area (Å²) >= 11 is 0. The number of amides is 2. The van der Waals surface area contributed by atoms with Crippen LogP contribution in [0, 0.1) is 11.3 Å². The van der Waals surface area contributed by atoms with Crippen molar-refractivity contribution in [2.24, 2.45) is 0 Å². The Morgan fingerprint density at radius 3 is 3.06 bits per heavy atom. The molecule has 6 heteroatoms. The van der Waals surface area contributed by atoms with Gasteiger partial charge in [0.15, 0.2) is 0 Å². The number of hydrogen-bond donors (Lipinski definition) is 3. The van der Waals surface area contributed by atoms with Crippen molar-refractivity contribution in [1.29, 1.82) is 5.26 Å². The van der Waals surface area contributed by atoms with E-state index in [0.717, 1.165) is 5.69 Å². The lowest BCUT2D eigenvalue weighted by molar-refractivity contribution is -0.115. The summed E-state index contributed by atoms with van der Waals surface area (Å²) in [6.45, 7) is 0.243. The van der Waals surface area contributed by atoms with Crippen LogP contribution in [-0.2, 0) is 9.59 Å². The molecule has 0 atom stereocenters. The Kier molecular flexibility index (Phi) is 2.92. The Hall–Kier alpha value is -2.55. The standard InChI is InChI=1S/C11H10N4O2/c12-4-3-10(16)14-7-1-2-8-9(5-7)15-11(17)6-13-8/h1-2,5,13H,3,6H2,(H,14,16)(H,15,17). The lowest BCUT2D eigenvalue weighted by Crippen LogP contribution is -2.27. The fourth-order valence-electron chi connectivity index (χ4n) is 1.53. The zero-order valence-electron chi connectivity index (χ0n) is 8.91. The van der Waals surface area contributed by atoms with Gasteiger partial charge < -0.3 is 16.0 Å². The molecule has 2 amide bonds. The third-order valence-corrected chi connectivity index (χ3v) is 2.26. The molecule has 1 heterocycles. The molecule has 0 aliphatic carbocycles. The van der Waals surface area contributed by atoms with E-state index < -0.39 is 0 Å². The first kappa shape index (κ1) is 11.0. The van der Waals surface area contributed by atoms with Crippen LogP contribution in [0.4, 0.5) is 17.1 Å². The van der Waals surface area contributed by atoms with Crippen molar-refractivity contribution >= 4 is 28.9 Å². The number of rotatable bonds is 2. The number of benzene rings is 1. The molecule has 1 aliphatic heterocycles. The van der Waals surface area contributed by atoms with Crippen LogP contribution >= 0.6 is 0 Å². The molecule has 6 nitrogen and oxygen atoms in total. The van der Waals surface area contributed by atoms with Crippen molar-refractivity contribution < 1.29 is 9.59 Å². The average Bonchev–Trinajstić information content (AvgIpc) is 2.28. The van der Waals surface area contributed by atoms with Gasteiger partial charge in [-0.3, -0.25) is 9.59 Å². The van der Waals surface area contributed by atoms with Gasteiger partial charge in [-0.15, -0.1) is 0 Å². The van der Waals surface area contributed by atoms with E-state index in [1.54, 1.807) is 24.3 Å². The minimum Gasteiger partial charge on any atom is -0.374 e. The molecular weight excluding hydrogens is 220 g/mol. The van der Waals surface area contributed by atoms with Crippen LogP contribution in [0.3, 0.4) is 0 Å². The highest BCUT2D eigenvalue weighted by atomic mass is 16.2. The summed E-state index contributed by atoms with van der Waals surface area (Å²) in [5.74, 6) is -0.499. The average molecular weight is 230 g/mol. The summed E-state index contributed by atoms with van der Waals surface area (Å²) in [4.78, 5) is 22.4. The predicted octanol–water partition coefficient (Wildman–Crippen LogP) is 0.903. The third kappa shape index (κ3) is 2.52. The zero-order chi connectivity index (χ0) is 12.3. The minimum absolute atomic E-state index is 0.127. The van der Waals surface area contributed by atoms with Crippen LogP contribution < -0.4 is 16.0 Å². The van der Waals surface area contributed by atoms with Crippen molar-refractivity contribution in [3.63, 3.8) is 0 Å². The maximum absolute atomic E-state index is 11.2. The van der Waals surface area contributed by atoms with Crippen molar-refractivity contribution in [1.82, 2.24) is 0 Å². The third-order valence-electron chi connectivity index (χ3n) is 2.26. The SMILES string of the molecule is N#CCC(=O)Nc1ccc2c(c1)NC(=O)CN2. The normalized spacial score (nSPS) is 12.8. The van der Waals surface area contributed by atoms with E-state index in [1.807, 2.05) is 0 Å². The summed E-state index contributed by atoms with van der Waals surface area (Å²) < 4.78 is 0. The predicted molar refractivity (Wildman–Crippen MR) is 62.4 cm³/mol. The van der Waals surface area contributed by atoms with Gasteiger partial charge in [0.05, 0.1) is 24.0 Å². The zero-order valence-corrected chi connectivity index (χ0v) is 8.91. The first-order valence-electron chi connectivity index (χ1n) is 5.03. The number of hydrogen-bond acceptors (Lipinski definition) is 4. The van der Waals surface area contributed by atoms with Crippen molar-refractivity contribution in [2.75, 3.05) is 22.5 Å². The smallest absolute Gasteiger partial charge is 0.243 e. The molecule has 0 fully saturated rings. The van der Waals surface area contributed by atoms with Gasteiger partial charge in [-0.1, -0.05) is 0 Å². The lowest BCUT2D eigenvalue weighted by Gasteiger charge is -2.19. The first-order chi connectivity index (χ1) is 8.19. The number of carbonyl (C=O) groups is 2. The van der Waals surface area contributed by atoms with Gasteiger partial charge >= 0.3 is 0 Å². The van der Waals surface area contributed by atoms with Gasteiger partial charge in [0.1, 0.15) is 6.42 Å². The number of anilines is 3. The van der Waals surface area contributed by atoms with Crippen molar-refractivity contribution in [2.45, 2.75) is 6.42 Å². The molecular formula is C11H10N4O2. The van der Waals surface area contributed by atoms with Gasteiger partial charge in [-0.2, -0.15) is 5.26 Å². The first-order valence-corrected chi connectivity index (χ1v) is 5.03. The number of fused-ring (bicyclic) bond motifs is 1. The molecule has 86 valence electrons. The molecule has 0 unspecified atom stereocenters. The molecule has 0 radical (unpaired) electrons. The van der Waals surface area contributed by atoms with Gasteiger partial charge in [0, 0.05) is 5.69 Å². The Morgan fingerprint density at radius 1 is 1.47 bits per heavy atom. The molecule has 1 aliphatic rings. The van der Waals surface area contributed by atoms with E-state index in [1.165, 1.54) is 0 Å². The molecule has 3 N–H and O–H groups in total. The van der Waals surface area contributed by atoms with Gasteiger partial charge in [0.2, 0.25) is 11.8 Å². The molecule has 0 saturated carbocycles. The Bertz CT molecular complexity index is 519. The molecule has 1 aromatic rings. The number of nitriles is 1. The van der Waals surface area contributed by atoms with Crippen LogP contribution in [0.25, 0.3) is 0 Å². The Morgan fingerprint density at radius 2 is 2.29 bits per heavy atom. The second-order valence-electron chi connectivity index (χ2n) is 3.55. The van der Waals surface area contributed by atoms with Crippen LogP contribution in [-0.4, -0.2) is 18.4 Å². The van der Waals surface area contributed by atoms with E-state index in [4.69, 9.17) is 5.26 Å². The van der Waals surface area contributed by atoms with E-state index in [9.17, 15) is 9.59 Å². The van der Waals surface area contributed by atoms with E-state index in [0.29, 0.717) is 11.4 Å². The quantitative estimate of drug-likeness (QED) is 0.703. The van der Waals surface area contributed by atoms with E-state index in [-0.39, 0.29) is 24.8 Å². The maximum atomic E-state index is 11.2. The van der Waals surface area contributed by atoms with Crippen LogP contribution in [0.15, 0.2) is 18.2 Å². The van der Waals surface area contributed by atoms with Crippen molar-refractivity contribution in [3.05, 3.63) is 18.2 Å². The lowest BCUT2D eigenvalue weighted by atomic mass is 10.2. The molecule has 0 aromatic heterocycles. The van der Waals surface area contributed by atoms with Crippen LogP contribution in [0.5, 0.6) is 0 Å². The molecule has 0 bridgehead atoms. The summed E-state index contributed by atoms with van der Waals surface area (Å²) in [6, 6.07) is 6.88. The van der Waals surface area contributed by atoms with Crippen molar-refractivity contribution in [3.8, 4) is 6.07 Å². The number of carbonyl (C=O) groups excluding carboxylic acids is 2. The minimum atomic E-state index is -0.373. The fraction of sp³-hybridized carbons (Fsp3) is 0.182. The highest BCUT2D eigenvalue weighted by Gasteiger charge is 2.14. The number of nitrogens with zero attached hydrogens (tertiary/aromatic N) is 1. The van der Waals surface area contributed by atoms with E-state index in [2.05, 4.69) is 16.0 Å². The maximum Gasteiger partial charge on any atom is 0.243 e. The summed E-state index contributed by atoms with van der Waals surface area (Å²) in [7, 11) is 0. The summed E-state index contributed by atoms with van der Waals surface area (Å²) in [6.07, 6.45) is -0.193. The fourth-order valence-corrected chi connectivity index (χ4v) is 1.53. The number of nitrogens with one attached hydrogen (secondary N) is 3. The molecule has 1 aromatic carbocycles.